The minimum absolute atomic E-state index is 0. The maximum atomic E-state index is 4.95. The molecule has 1 radical (unpaired) electrons. The Morgan fingerprint density at radius 2 is 1.56 bits per heavy atom. The van der Waals surface area contributed by atoms with Crippen LogP contribution in [0.15, 0.2) is 20.4 Å². The van der Waals surface area contributed by atoms with Crippen molar-refractivity contribution >= 4 is 47.1 Å². The van der Waals surface area contributed by atoms with E-state index in [-0.39, 0.29) is 22.3 Å². The molecule has 105 valence electrons. The van der Waals surface area contributed by atoms with E-state index in [4.69, 9.17) is 30.0 Å². The normalized spacial score (nSPS) is 14.0. The van der Waals surface area contributed by atoms with E-state index in [1.807, 2.05) is 6.92 Å². The van der Waals surface area contributed by atoms with Crippen LogP contribution in [-0.2, 0) is 47.1 Å². The summed E-state index contributed by atoms with van der Waals surface area (Å²) in [4.78, 5) is 0. The van der Waals surface area contributed by atoms with E-state index < -0.39 is 0 Å². The van der Waals surface area contributed by atoms with Crippen molar-refractivity contribution in [3.63, 3.8) is 0 Å². The fourth-order valence-corrected chi connectivity index (χ4v) is 0.783. The minimum Gasteiger partial charge on any atom is -0.741 e. The fraction of sp³-hybridized carbons (Fsp3) is 0.556. The summed E-state index contributed by atoms with van der Waals surface area (Å²) in [5, 5.41) is 18.3. The first-order valence-corrected chi connectivity index (χ1v) is 5.72. The molecule has 0 rings (SSSR count). The Balaban J connectivity index is 0. The first-order chi connectivity index (χ1) is 8.01. The maximum absolute atomic E-state index is 4.95. The molecule has 6 nitrogen and oxygen atoms in total. The van der Waals surface area contributed by atoms with Gasteiger partial charge in [-0.15, -0.1) is 5.10 Å². The monoisotopic (exact) mass is 336 g/mol. The second kappa shape index (κ2) is 11.3. The van der Waals surface area contributed by atoms with E-state index in [9.17, 15) is 0 Å². The van der Waals surface area contributed by atoms with Gasteiger partial charge in [-0.1, -0.05) is 0 Å². The van der Waals surface area contributed by atoms with E-state index in [0.717, 1.165) is 0 Å². The molecule has 0 bridgehead atoms. The van der Waals surface area contributed by atoms with Crippen molar-refractivity contribution in [2.45, 2.75) is 20.8 Å². The van der Waals surface area contributed by atoms with Gasteiger partial charge in [0.25, 0.3) is 0 Å². The molecule has 0 aliphatic carbocycles. The van der Waals surface area contributed by atoms with Gasteiger partial charge in [0.1, 0.15) is 0 Å². The zero-order chi connectivity index (χ0) is 13.3. The van der Waals surface area contributed by atoms with Crippen molar-refractivity contribution in [1.82, 2.24) is 5.32 Å². The van der Waals surface area contributed by atoms with Gasteiger partial charge in [-0.25, -0.2) is 0 Å². The molecule has 0 aromatic heterocycles. The molecule has 0 heterocycles. The predicted molar refractivity (Wildman–Crippen MR) is 76.5 cm³/mol. The third kappa shape index (κ3) is 9.29. The molecule has 0 aromatic carbocycles. The Labute approximate surface area is 129 Å². The van der Waals surface area contributed by atoms with Gasteiger partial charge in [0.2, 0.25) is 0 Å². The molecule has 0 fully saturated rings. The standard InChI is InChI=1S/C9H17N5OS2.Cu/c1-5-15-9(17)14-12-7(3)6(2)11-13-8(16)10-4;/h5H2,1-4H3,(H,14,17)(H2,10,13,16);/q;+2/p-2/b11-6+,12-7+;. The molecule has 0 saturated heterocycles. The van der Waals surface area contributed by atoms with Crippen LogP contribution >= 0.6 is 0 Å². The number of rotatable bonds is 4. The van der Waals surface area contributed by atoms with Crippen molar-refractivity contribution in [2.24, 2.45) is 20.4 Å². The summed E-state index contributed by atoms with van der Waals surface area (Å²) >= 11 is 9.60. The topological polar surface area (TPSA) is 70.7 Å². The van der Waals surface area contributed by atoms with E-state index in [0.29, 0.717) is 23.2 Å². The Bertz CT molecular complexity index is 368. The Morgan fingerprint density at radius 1 is 1.06 bits per heavy atom. The number of hydrogen-bond acceptors (Lipinski definition) is 7. The van der Waals surface area contributed by atoms with Crippen molar-refractivity contribution < 1.29 is 21.8 Å². The quantitative estimate of drug-likeness (QED) is 0.271. The van der Waals surface area contributed by atoms with Gasteiger partial charge in [0.05, 0.1) is 23.3 Å². The largest absolute Gasteiger partial charge is 2.00 e. The summed E-state index contributed by atoms with van der Waals surface area (Å²) in [6.45, 7) is 5.78. The van der Waals surface area contributed by atoms with Crippen LogP contribution in [0.4, 0.5) is 0 Å². The molecule has 1 N–H and O–H groups in total. The Hall–Kier alpha value is -0.761. The van der Waals surface area contributed by atoms with Gasteiger partial charge in [-0.2, -0.15) is 15.3 Å². The average molecular weight is 337 g/mol. The Kier molecular flexibility index (Phi) is 12.3. The molecule has 0 spiro atoms. The zero-order valence-electron chi connectivity index (χ0n) is 10.5. The summed E-state index contributed by atoms with van der Waals surface area (Å²) in [5.74, 6) is 0. The second-order valence-corrected chi connectivity index (χ2v) is 3.56. The molecule has 0 atom stereocenters. The molecular weight excluding hydrogens is 322 g/mol. The molecule has 0 aliphatic heterocycles. The van der Waals surface area contributed by atoms with Gasteiger partial charge in [-0.3, -0.25) is 0 Å². The molecule has 0 aromatic rings. The minimum atomic E-state index is 0. The van der Waals surface area contributed by atoms with E-state index >= 15 is 0 Å². The first kappa shape index (κ1) is 19.6. The van der Waals surface area contributed by atoms with Crippen LogP contribution in [0.3, 0.4) is 0 Å². The fourth-order valence-electron chi connectivity index (χ4n) is 0.583. The average Bonchev–Trinajstić information content (AvgIpc) is 2.32. The smallest absolute Gasteiger partial charge is 0.741 e. The van der Waals surface area contributed by atoms with Crippen LogP contribution in [0.1, 0.15) is 20.8 Å². The number of nitrogens with zero attached hydrogens (tertiary/aromatic N) is 4. The van der Waals surface area contributed by atoms with Gasteiger partial charge in [-0.05, 0) is 25.9 Å². The molecular formula is C9H15CuN5OS2. The summed E-state index contributed by atoms with van der Waals surface area (Å²) in [5.41, 5.74) is 1.19. The number of amidine groups is 1. The van der Waals surface area contributed by atoms with Crippen LogP contribution < -0.4 is 5.32 Å². The van der Waals surface area contributed by atoms with E-state index in [1.54, 1.807) is 20.9 Å². The molecule has 0 unspecified atom stereocenters. The second-order valence-electron chi connectivity index (χ2n) is 2.82. The first-order valence-electron chi connectivity index (χ1n) is 4.90. The molecule has 0 aliphatic rings. The van der Waals surface area contributed by atoms with Gasteiger partial charge in [0, 0.05) is 7.05 Å². The Morgan fingerprint density at radius 3 is 2.00 bits per heavy atom. The van der Waals surface area contributed by atoms with Crippen LogP contribution in [0.2, 0.25) is 0 Å². The summed E-state index contributed by atoms with van der Waals surface area (Å²) in [7, 11) is 1.67. The van der Waals surface area contributed by atoms with Crippen molar-refractivity contribution in [3.8, 4) is 0 Å². The zero-order valence-corrected chi connectivity index (χ0v) is 13.1. The number of nitrogens with one attached hydrogen (secondary N) is 1. The summed E-state index contributed by atoms with van der Waals surface area (Å²) in [6.07, 6.45) is 0. The van der Waals surface area contributed by atoms with Crippen molar-refractivity contribution in [2.75, 3.05) is 13.7 Å². The summed E-state index contributed by atoms with van der Waals surface area (Å²) < 4.78 is 4.95. The van der Waals surface area contributed by atoms with E-state index in [2.05, 4.69) is 25.7 Å². The van der Waals surface area contributed by atoms with Crippen LogP contribution in [0, 0.1) is 0 Å². The van der Waals surface area contributed by atoms with Crippen molar-refractivity contribution in [1.29, 1.82) is 0 Å². The van der Waals surface area contributed by atoms with Gasteiger partial charge in [0.15, 0.2) is 0 Å². The molecule has 9 heteroatoms. The predicted octanol–water partition coefficient (Wildman–Crippen LogP) is 0.797. The summed E-state index contributed by atoms with van der Waals surface area (Å²) in [6, 6.07) is 0. The SMILES string of the molecule is CCO/C([S-])=N/N=C(C)/C(C)=N/N=C(\[S-])NC.[Cu+2]. The molecule has 0 saturated carbocycles. The van der Waals surface area contributed by atoms with Crippen LogP contribution in [0.5, 0.6) is 0 Å². The third-order valence-electron chi connectivity index (χ3n) is 1.58. The number of hydrogen-bond donors (Lipinski definition) is 1. The van der Waals surface area contributed by atoms with Crippen molar-refractivity contribution in [3.05, 3.63) is 0 Å². The molecule has 18 heavy (non-hydrogen) atoms. The molecule has 0 amide bonds. The number of ether oxygens (including phenoxy) is 1. The van der Waals surface area contributed by atoms with E-state index in [1.165, 1.54) is 0 Å². The van der Waals surface area contributed by atoms with Crippen LogP contribution in [-0.4, -0.2) is 35.5 Å². The van der Waals surface area contributed by atoms with Crippen LogP contribution in [0.25, 0.3) is 0 Å². The van der Waals surface area contributed by atoms with Gasteiger partial charge < -0.3 is 35.3 Å². The maximum Gasteiger partial charge on any atom is 2.00 e. The van der Waals surface area contributed by atoms with Gasteiger partial charge >= 0.3 is 17.1 Å². The third-order valence-corrected chi connectivity index (χ3v) is 2.06.